The van der Waals surface area contributed by atoms with Gasteiger partial charge in [-0.05, 0) is 42.8 Å². The van der Waals surface area contributed by atoms with Crippen LogP contribution in [0.15, 0.2) is 48.5 Å². The Hall–Kier alpha value is -2.90. The lowest BCUT2D eigenvalue weighted by Crippen LogP contribution is -3.11. The number of para-hydroxylation sites is 1. The van der Waals surface area contributed by atoms with Crippen LogP contribution < -0.4 is 20.4 Å². The number of carbonyl (C=O) groups is 3. The second kappa shape index (κ2) is 9.54. The molecule has 0 spiro atoms. The molecule has 1 aliphatic rings. The molecule has 1 heterocycles. The van der Waals surface area contributed by atoms with Crippen LogP contribution in [-0.2, 0) is 14.4 Å². The molecule has 3 N–H and O–H groups in total. The number of rotatable bonds is 7. The molecule has 29 heavy (non-hydrogen) atoms. The number of quaternary nitrogens is 1. The first-order chi connectivity index (χ1) is 13.9. The molecule has 2 aromatic rings. The molecule has 0 saturated carbocycles. The fraction of sp³-hybridized carbons (Fsp3) is 0.286. The Kier molecular flexibility index (Phi) is 6.85. The van der Waals surface area contributed by atoms with E-state index in [1.54, 1.807) is 48.3 Å². The number of likely N-dealkylation sites (N-methyl/N-ethyl adjacent to an activating group) is 1. The van der Waals surface area contributed by atoms with Gasteiger partial charge in [-0.3, -0.25) is 14.4 Å². The Morgan fingerprint density at radius 3 is 2.31 bits per heavy atom. The Morgan fingerprint density at radius 2 is 1.69 bits per heavy atom. The first-order valence-corrected chi connectivity index (χ1v) is 9.86. The van der Waals surface area contributed by atoms with Gasteiger partial charge in [0.2, 0.25) is 5.91 Å². The van der Waals surface area contributed by atoms with E-state index in [2.05, 4.69) is 10.6 Å². The smallest absolute Gasteiger partial charge is 0.279 e. The van der Waals surface area contributed by atoms with Gasteiger partial charge in [0.1, 0.15) is 0 Å². The number of benzene rings is 2. The topological polar surface area (TPSA) is 83.0 Å². The molecule has 1 aliphatic heterocycles. The van der Waals surface area contributed by atoms with Gasteiger partial charge in [0.25, 0.3) is 11.8 Å². The molecule has 8 heteroatoms. The van der Waals surface area contributed by atoms with Crippen LogP contribution >= 0.6 is 11.6 Å². The van der Waals surface area contributed by atoms with Crippen LogP contribution in [0.2, 0.25) is 5.02 Å². The normalized spacial score (nSPS) is 14.6. The van der Waals surface area contributed by atoms with Gasteiger partial charge in [-0.25, -0.2) is 0 Å². The highest BCUT2D eigenvalue weighted by molar-refractivity contribution is 6.33. The van der Waals surface area contributed by atoms with Crippen molar-refractivity contribution >= 4 is 46.4 Å². The Balaban J connectivity index is 1.46. The van der Waals surface area contributed by atoms with Gasteiger partial charge >= 0.3 is 0 Å². The number of halogens is 1. The summed E-state index contributed by atoms with van der Waals surface area (Å²) >= 11 is 6.03. The van der Waals surface area contributed by atoms with Crippen LogP contribution in [0, 0.1) is 0 Å². The van der Waals surface area contributed by atoms with Crippen molar-refractivity contribution in [1.29, 1.82) is 0 Å². The molecular weight excluding hydrogens is 392 g/mol. The third-order valence-electron chi connectivity index (χ3n) is 4.61. The number of nitrogens with one attached hydrogen (secondary N) is 3. The summed E-state index contributed by atoms with van der Waals surface area (Å²) in [7, 11) is 1.77. The number of hydrogen-bond donors (Lipinski definition) is 3. The summed E-state index contributed by atoms with van der Waals surface area (Å²) < 4.78 is 0. The largest absolute Gasteiger partial charge is 0.322 e. The van der Waals surface area contributed by atoms with Crippen LogP contribution in [0.3, 0.4) is 0 Å². The van der Waals surface area contributed by atoms with E-state index >= 15 is 0 Å². The van der Waals surface area contributed by atoms with Crippen LogP contribution in [0.4, 0.5) is 17.1 Å². The predicted molar refractivity (Wildman–Crippen MR) is 113 cm³/mol. The molecule has 2 aromatic carbocycles. The van der Waals surface area contributed by atoms with Crippen LogP contribution in [0.5, 0.6) is 0 Å². The van der Waals surface area contributed by atoms with E-state index in [0.717, 1.165) is 23.6 Å². The molecule has 1 atom stereocenters. The third-order valence-corrected chi connectivity index (χ3v) is 4.94. The van der Waals surface area contributed by atoms with Crippen molar-refractivity contribution in [3.05, 3.63) is 53.6 Å². The van der Waals surface area contributed by atoms with Gasteiger partial charge in [0.15, 0.2) is 13.1 Å². The lowest BCUT2D eigenvalue weighted by molar-refractivity contribution is -0.862. The van der Waals surface area contributed by atoms with Gasteiger partial charge in [-0.1, -0.05) is 23.7 Å². The monoisotopic (exact) mass is 415 g/mol. The van der Waals surface area contributed by atoms with Crippen molar-refractivity contribution < 1.29 is 19.3 Å². The fourth-order valence-corrected chi connectivity index (χ4v) is 3.40. The summed E-state index contributed by atoms with van der Waals surface area (Å²) in [4.78, 5) is 38.7. The minimum atomic E-state index is -0.219. The third kappa shape index (κ3) is 5.79. The van der Waals surface area contributed by atoms with E-state index in [1.165, 1.54) is 0 Å². The zero-order chi connectivity index (χ0) is 20.8. The predicted octanol–water partition coefficient (Wildman–Crippen LogP) is 1.56. The summed E-state index contributed by atoms with van der Waals surface area (Å²) in [6, 6.07) is 14.2. The highest BCUT2D eigenvalue weighted by Gasteiger charge is 2.21. The second-order valence-corrected chi connectivity index (χ2v) is 7.49. The first kappa shape index (κ1) is 20.8. The summed E-state index contributed by atoms with van der Waals surface area (Å²) in [5.41, 5.74) is 2.04. The van der Waals surface area contributed by atoms with E-state index < -0.39 is 0 Å². The average Bonchev–Trinajstić information content (AvgIpc) is 3.10. The van der Waals surface area contributed by atoms with Crippen molar-refractivity contribution in [2.75, 3.05) is 42.2 Å². The molecule has 1 saturated heterocycles. The van der Waals surface area contributed by atoms with E-state index in [9.17, 15) is 14.4 Å². The van der Waals surface area contributed by atoms with E-state index in [0.29, 0.717) is 22.8 Å². The SMILES string of the molecule is C[NH+](CC(=O)Nc1ccc(N2CCCC2=O)cc1)CC(=O)Nc1ccccc1Cl. The molecule has 7 nitrogen and oxygen atoms in total. The zero-order valence-corrected chi connectivity index (χ0v) is 17.0. The maximum atomic E-state index is 12.3. The quantitative estimate of drug-likeness (QED) is 0.641. The minimum Gasteiger partial charge on any atom is -0.322 e. The van der Waals surface area contributed by atoms with Crippen LogP contribution in [-0.4, -0.2) is 44.4 Å². The van der Waals surface area contributed by atoms with Gasteiger partial charge in [-0.15, -0.1) is 0 Å². The van der Waals surface area contributed by atoms with Crippen molar-refractivity contribution in [3.8, 4) is 0 Å². The summed E-state index contributed by atoms with van der Waals surface area (Å²) in [5.74, 6) is -0.289. The molecule has 0 bridgehead atoms. The van der Waals surface area contributed by atoms with Gasteiger partial charge < -0.3 is 20.4 Å². The highest BCUT2D eigenvalue weighted by Crippen LogP contribution is 2.23. The van der Waals surface area contributed by atoms with E-state index in [1.807, 2.05) is 12.1 Å². The van der Waals surface area contributed by atoms with Crippen LogP contribution in [0.25, 0.3) is 0 Å². The minimum absolute atomic E-state index is 0.127. The number of carbonyl (C=O) groups excluding carboxylic acids is 3. The van der Waals surface area contributed by atoms with Crippen molar-refractivity contribution in [2.45, 2.75) is 12.8 Å². The molecule has 1 unspecified atom stereocenters. The molecular formula is C21H24ClN4O3+. The van der Waals surface area contributed by atoms with Crippen molar-refractivity contribution in [3.63, 3.8) is 0 Å². The molecule has 3 rings (SSSR count). The maximum absolute atomic E-state index is 12.3. The number of hydrogen-bond acceptors (Lipinski definition) is 3. The molecule has 152 valence electrons. The lowest BCUT2D eigenvalue weighted by atomic mass is 10.2. The molecule has 0 aromatic heterocycles. The fourth-order valence-electron chi connectivity index (χ4n) is 3.22. The Bertz CT molecular complexity index is 901. The van der Waals surface area contributed by atoms with Crippen LogP contribution in [0.1, 0.15) is 12.8 Å². The highest BCUT2D eigenvalue weighted by atomic mass is 35.5. The standard InChI is InChI=1S/C21H23ClN4O3/c1-25(14-20(28)24-18-6-3-2-5-17(18)22)13-19(27)23-15-8-10-16(11-9-15)26-12-4-7-21(26)29/h2-3,5-6,8-11H,4,7,12-14H2,1H3,(H,23,27)(H,24,28)/p+1. The average molecular weight is 416 g/mol. The number of anilines is 3. The lowest BCUT2D eigenvalue weighted by Gasteiger charge is -2.16. The summed E-state index contributed by atoms with van der Waals surface area (Å²) in [6.07, 6.45) is 1.45. The Labute approximate surface area is 174 Å². The summed E-state index contributed by atoms with van der Waals surface area (Å²) in [6.45, 7) is 1.01. The number of nitrogens with zero attached hydrogens (tertiary/aromatic N) is 1. The van der Waals surface area contributed by atoms with Crippen molar-refractivity contribution in [1.82, 2.24) is 0 Å². The first-order valence-electron chi connectivity index (χ1n) is 9.48. The van der Waals surface area contributed by atoms with Gasteiger partial charge in [0.05, 0.1) is 17.8 Å². The summed E-state index contributed by atoms with van der Waals surface area (Å²) in [5, 5.41) is 6.03. The van der Waals surface area contributed by atoms with Gasteiger partial charge in [-0.2, -0.15) is 0 Å². The maximum Gasteiger partial charge on any atom is 0.279 e. The van der Waals surface area contributed by atoms with E-state index in [-0.39, 0.29) is 30.8 Å². The number of amides is 3. The van der Waals surface area contributed by atoms with Gasteiger partial charge in [0, 0.05) is 24.3 Å². The molecule has 3 amide bonds. The molecule has 1 fully saturated rings. The van der Waals surface area contributed by atoms with E-state index in [4.69, 9.17) is 11.6 Å². The second-order valence-electron chi connectivity index (χ2n) is 7.08. The molecule has 0 aliphatic carbocycles. The molecule has 0 radical (unpaired) electrons. The Morgan fingerprint density at radius 1 is 1.03 bits per heavy atom. The zero-order valence-electron chi connectivity index (χ0n) is 16.2. The van der Waals surface area contributed by atoms with Crippen molar-refractivity contribution in [2.24, 2.45) is 0 Å².